The summed E-state index contributed by atoms with van der Waals surface area (Å²) in [5.74, 6) is 0.984. The minimum atomic E-state index is 0.00427. The van der Waals surface area contributed by atoms with Crippen molar-refractivity contribution >= 4 is 23.4 Å². The highest BCUT2D eigenvalue weighted by Gasteiger charge is 2.25. The summed E-state index contributed by atoms with van der Waals surface area (Å²) in [5.41, 5.74) is 0.00427. The quantitative estimate of drug-likeness (QED) is 0.688. The lowest BCUT2D eigenvalue weighted by atomic mass is 10.0. The molecule has 1 aromatic rings. The van der Waals surface area contributed by atoms with Crippen molar-refractivity contribution in [3.05, 3.63) is 29.3 Å². The minimum absolute atomic E-state index is 0.00427. The van der Waals surface area contributed by atoms with Crippen LogP contribution in [0.3, 0.4) is 0 Å². The number of rotatable bonds is 6. The third kappa shape index (κ3) is 3.69. The molecule has 0 aliphatic rings. The molecule has 0 radical (unpaired) electrons. The Kier molecular flexibility index (Phi) is 5.67. The number of halogens is 1. The molecule has 0 saturated heterocycles. The van der Waals surface area contributed by atoms with Gasteiger partial charge in [0.15, 0.2) is 0 Å². The lowest BCUT2D eigenvalue weighted by Gasteiger charge is -2.29. The van der Waals surface area contributed by atoms with E-state index in [-0.39, 0.29) is 5.60 Å². The van der Waals surface area contributed by atoms with Gasteiger partial charge in [-0.1, -0.05) is 25.4 Å². The van der Waals surface area contributed by atoms with Gasteiger partial charge in [0.05, 0.1) is 5.60 Å². The predicted octanol–water partition coefficient (Wildman–Crippen LogP) is 4.64. The van der Waals surface area contributed by atoms with Crippen LogP contribution in [0, 0.1) is 0 Å². The number of thioether (sulfide) groups is 1. The summed E-state index contributed by atoms with van der Waals surface area (Å²) in [6.45, 7) is 4.35. The Labute approximate surface area is 108 Å². The van der Waals surface area contributed by atoms with Crippen molar-refractivity contribution in [2.24, 2.45) is 0 Å². The second-order valence-electron chi connectivity index (χ2n) is 3.84. The molecule has 0 amide bonds. The first kappa shape index (κ1) is 13.9. The molecule has 0 aliphatic carbocycles. The van der Waals surface area contributed by atoms with Crippen LogP contribution < -0.4 is 0 Å². The Morgan fingerprint density at radius 1 is 1.19 bits per heavy atom. The van der Waals surface area contributed by atoms with Gasteiger partial charge in [0, 0.05) is 22.8 Å². The molecule has 90 valence electrons. The lowest BCUT2D eigenvalue weighted by Crippen LogP contribution is -2.32. The summed E-state index contributed by atoms with van der Waals surface area (Å²) in [5, 5.41) is 0.785. The summed E-state index contributed by atoms with van der Waals surface area (Å²) in [6, 6.07) is 7.96. The number of methoxy groups -OCH3 is 1. The van der Waals surface area contributed by atoms with Crippen molar-refractivity contribution in [1.82, 2.24) is 0 Å². The first-order chi connectivity index (χ1) is 7.65. The summed E-state index contributed by atoms with van der Waals surface area (Å²) in [7, 11) is 1.80. The normalized spacial score (nSPS) is 11.8. The van der Waals surface area contributed by atoms with Crippen molar-refractivity contribution in [1.29, 1.82) is 0 Å². The SMILES string of the molecule is CCC(CC)(CSc1ccc(Cl)cc1)OC. The average molecular weight is 259 g/mol. The van der Waals surface area contributed by atoms with Gasteiger partial charge in [-0.25, -0.2) is 0 Å². The van der Waals surface area contributed by atoms with E-state index in [4.69, 9.17) is 16.3 Å². The Bertz CT molecular complexity index is 298. The Morgan fingerprint density at radius 2 is 1.75 bits per heavy atom. The van der Waals surface area contributed by atoms with Gasteiger partial charge >= 0.3 is 0 Å². The monoisotopic (exact) mass is 258 g/mol. The average Bonchev–Trinajstić information content (AvgIpc) is 2.34. The molecule has 0 bridgehead atoms. The lowest BCUT2D eigenvalue weighted by molar-refractivity contribution is 0.00415. The molecule has 0 atom stereocenters. The molecule has 1 rings (SSSR count). The molecule has 1 nitrogen and oxygen atoms in total. The molecular formula is C13H19ClOS. The van der Waals surface area contributed by atoms with Crippen molar-refractivity contribution in [2.75, 3.05) is 12.9 Å². The van der Waals surface area contributed by atoms with E-state index in [2.05, 4.69) is 26.0 Å². The summed E-state index contributed by atoms with van der Waals surface area (Å²) in [6.07, 6.45) is 2.08. The van der Waals surface area contributed by atoms with E-state index < -0.39 is 0 Å². The standard InChI is InChI=1S/C13H19ClOS/c1-4-13(5-2,15-3)10-16-12-8-6-11(14)7-9-12/h6-9H,4-5,10H2,1-3H3. The van der Waals surface area contributed by atoms with Gasteiger partial charge in [0.25, 0.3) is 0 Å². The Morgan fingerprint density at radius 3 is 2.19 bits per heavy atom. The molecule has 3 heteroatoms. The number of hydrogen-bond donors (Lipinski definition) is 0. The van der Waals surface area contributed by atoms with Crippen molar-refractivity contribution in [2.45, 2.75) is 37.2 Å². The first-order valence-electron chi connectivity index (χ1n) is 5.59. The molecule has 0 aliphatic heterocycles. The highest BCUT2D eigenvalue weighted by Crippen LogP contribution is 2.29. The second kappa shape index (κ2) is 6.53. The van der Waals surface area contributed by atoms with Crippen molar-refractivity contribution < 1.29 is 4.74 Å². The van der Waals surface area contributed by atoms with Gasteiger partial charge in [-0.05, 0) is 37.1 Å². The van der Waals surface area contributed by atoms with Crippen LogP contribution in [0.25, 0.3) is 0 Å². The third-order valence-electron chi connectivity index (χ3n) is 3.04. The van der Waals surface area contributed by atoms with Crippen LogP contribution in [-0.2, 0) is 4.74 Å². The highest BCUT2D eigenvalue weighted by molar-refractivity contribution is 7.99. The van der Waals surface area contributed by atoms with Gasteiger partial charge in [-0.3, -0.25) is 0 Å². The Balaban J connectivity index is 2.58. The molecule has 0 unspecified atom stereocenters. The fourth-order valence-corrected chi connectivity index (χ4v) is 2.96. The molecule has 16 heavy (non-hydrogen) atoms. The van der Waals surface area contributed by atoms with Crippen molar-refractivity contribution in [3.8, 4) is 0 Å². The molecular weight excluding hydrogens is 240 g/mol. The summed E-state index contributed by atoms with van der Waals surface area (Å²) < 4.78 is 5.63. The zero-order chi connectivity index (χ0) is 12.0. The molecule has 0 fully saturated rings. The number of hydrogen-bond acceptors (Lipinski definition) is 2. The number of ether oxygens (including phenoxy) is 1. The maximum Gasteiger partial charge on any atom is 0.0767 e. The van der Waals surface area contributed by atoms with Gasteiger partial charge in [-0.2, -0.15) is 0 Å². The maximum atomic E-state index is 5.85. The van der Waals surface area contributed by atoms with Gasteiger partial charge in [0.1, 0.15) is 0 Å². The maximum absolute atomic E-state index is 5.85. The van der Waals surface area contributed by atoms with E-state index in [1.807, 2.05) is 23.9 Å². The van der Waals surface area contributed by atoms with E-state index >= 15 is 0 Å². The van der Waals surface area contributed by atoms with Gasteiger partial charge in [-0.15, -0.1) is 11.8 Å². The highest BCUT2D eigenvalue weighted by atomic mass is 35.5. The third-order valence-corrected chi connectivity index (χ3v) is 4.57. The van der Waals surface area contributed by atoms with Crippen LogP contribution in [0.5, 0.6) is 0 Å². The van der Waals surface area contributed by atoms with E-state index in [0.29, 0.717) is 0 Å². The second-order valence-corrected chi connectivity index (χ2v) is 5.32. The number of benzene rings is 1. The molecule has 0 N–H and O–H groups in total. The molecule has 1 aromatic carbocycles. The summed E-state index contributed by atoms with van der Waals surface area (Å²) >= 11 is 7.68. The van der Waals surface area contributed by atoms with Gasteiger partial charge < -0.3 is 4.74 Å². The van der Waals surface area contributed by atoms with Crippen molar-refractivity contribution in [3.63, 3.8) is 0 Å². The molecule has 0 spiro atoms. The summed E-state index contributed by atoms with van der Waals surface area (Å²) in [4.78, 5) is 1.24. The van der Waals surface area contributed by atoms with E-state index in [1.165, 1.54) is 4.90 Å². The molecule has 0 aromatic heterocycles. The minimum Gasteiger partial charge on any atom is -0.377 e. The van der Waals surface area contributed by atoms with E-state index in [1.54, 1.807) is 7.11 Å². The molecule has 0 heterocycles. The van der Waals surface area contributed by atoms with E-state index in [9.17, 15) is 0 Å². The van der Waals surface area contributed by atoms with E-state index in [0.717, 1.165) is 23.6 Å². The topological polar surface area (TPSA) is 9.23 Å². The van der Waals surface area contributed by atoms with Crippen LogP contribution in [0.15, 0.2) is 29.2 Å². The predicted molar refractivity (Wildman–Crippen MR) is 72.5 cm³/mol. The Hall–Kier alpha value is -0.180. The smallest absolute Gasteiger partial charge is 0.0767 e. The van der Waals surface area contributed by atoms with Crippen LogP contribution in [0.2, 0.25) is 5.02 Å². The zero-order valence-corrected chi connectivity index (χ0v) is 11.7. The van der Waals surface area contributed by atoms with Crippen LogP contribution in [-0.4, -0.2) is 18.5 Å². The fraction of sp³-hybridized carbons (Fsp3) is 0.538. The zero-order valence-electron chi connectivity index (χ0n) is 10.1. The fourth-order valence-electron chi connectivity index (χ4n) is 1.55. The largest absolute Gasteiger partial charge is 0.377 e. The molecule has 0 saturated carbocycles. The van der Waals surface area contributed by atoms with Crippen LogP contribution in [0.1, 0.15) is 26.7 Å². The van der Waals surface area contributed by atoms with Crippen LogP contribution >= 0.6 is 23.4 Å². The first-order valence-corrected chi connectivity index (χ1v) is 6.95. The van der Waals surface area contributed by atoms with Gasteiger partial charge in [0.2, 0.25) is 0 Å². The van der Waals surface area contributed by atoms with Crippen LogP contribution in [0.4, 0.5) is 0 Å².